The second-order valence-electron chi connectivity index (χ2n) is 3.16. The fourth-order valence-corrected chi connectivity index (χ4v) is 4.33. The maximum atomic E-state index is 2.29. The minimum absolute atomic E-state index is 0.688. The second kappa shape index (κ2) is 12.4. The van der Waals surface area contributed by atoms with Crippen LogP contribution in [0.1, 0.15) is 40.5 Å². The van der Waals surface area contributed by atoms with Crippen molar-refractivity contribution in [2.45, 2.75) is 45.1 Å². The van der Waals surface area contributed by atoms with Gasteiger partial charge < -0.3 is 0 Å². The SMILES string of the molecule is C1=CCC=CC(C2SCCCS2)=C1.CC.CC. The van der Waals surface area contributed by atoms with E-state index in [0.717, 1.165) is 6.42 Å². The van der Waals surface area contributed by atoms with Crippen LogP contribution in [0.3, 0.4) is 0 Å². The molecule has 0 radical (unpaired) electrons. The molecule has 1 aliphatic carbocycles. The first-order valence-corrected chi connectivity index (χ1v) is 8.83. The van der Waals surface area contributed by atoms with E-state index < -0.39 is 0 Å². The Balaban J connectivity index is 0.000000581. The molecule has 2 rings (SSSR count). The molecule has 0 spiro atoms. The highest BCUT2D eigenvalue weighted by atomic mass is 32.2. The molecule has 0 N–H and O–H groups in total. The average Bonchev–Trinajstić information content (AvgIpc) is 2.73. The monoisotopic (exact) mass is 270 g/mol. The lowest BCUT2D eigenvalue weighted by Gasteiger charge is -2.21. The van der Waals surface area contributed by atoms with E-state index in [4.69, 9.17) is 0 Å². The molecule has 0 aromatic carbocycles. The Morgan fingerprint density at radius 3 is 2.29 bits per heavy atom. The lowest BCUT2D eigenvalue weighted by Crippen LogP contribution is -2.08. The van der Waals surface area contributed by atoms with E-state index >= 15 is 0 Å². The highest BCUT2D eigenvalue weighted by Crippen LogP contribution is 2.36. The molecule has 0 aromatic heterocycles. The third-order valence-corrected chi connectivity index (χ3v) is 5.12. The van der Waals surface area contributed by atoms with Gasteiger partial charge in [-0.15, -0.1) is 23.5 Å². The molecule has 0 unspecified atom stereocenters. The van der Waals surface area contributed by atoms with E-state index in [1.54, 1.807) is 0 Å². The van der Waals surface area contributed by atoms with Crippen LogP contribution in [0.5, 0.6) is 0 Å². The van der Waals surface area contributed by atoms with Crippen LogP contribution in [0, 0.1) is 0 Å². The molecule has 2 heteroatoms. The van der Waals surface area contributed by atoms with Crippen LogP contribution in [0.2, 0.25) is 0 Å². The molecule has 1 saturated heterocycles. The van der Waals surface area contributed by atoms with Gasteiger partial charge in [0.15, 0.2) is 0 Å². The van der Waals surface area contributed by atoms with Gasteiger partial charge in [0.1, 0.15) is 0 Å². The third-order valence-electron chi connectivity index (χ3n) is 2.11. The Bertz CT molecular complexity index is 246. The van der Waals surface area contributed by atoms with E-state index in [0.29, 0.717) is 4.58 Å². The Labute approximate surface area is 116 Å². The first kappa shape index (κ1) is 16.9. The molecule has 0 amide bonds. The number of thioether (sulfide) groups is 2. The van der Waals surface area contributed by atoms with Crippen molar-refractivity contribution in [3.63, 3.8) is 0 Å². The van der Waals surface area contributed by atoms with Gasteiger partial charge >= 0.3 is 0 Å². The molecule has 1 heterocycles. The number of allylic oxidation sites excluding steroid dienone is 5. The quantitative estimate of drug-likeness (QED) is 0.601. The molecule has 0 atom stereocenters. The van der Waals surface area contributed by atoms with Crippen LogP contribution in [0.25, 0.3) is 0 Å². The summed E-state index contributed by atoms with van der Waals surface area (Å²) in [5.74, 6) is 2.65. The summed E-state index contributed by atoms with van der Waals surface area (Å²) >= 11 is 4.18. The molecule has 0 saturated carbocycles. The zero-order chi connectivity index (χ0) is 12.9. The Morgan fingerprint density at radius 2 is 1.65 bits per heavy atom. The van der Waals surface area contributed by atoms with Gasteiger partial charge in [0.25, 0.3) is 0 Å². The maximum absolute atomic E-state index is 2.29. The van der Waals surface area contributed by atoms with E-state index in [2.05, 4.69) is 53.9 Å². The van der Waals surface area contributed by atoms with Gasteiger partial charge in [-0.25, -0.2) is 0 Å². The van der Waals surface area contributed by atoms with Crippen LogP contribution in [-0.4, -0.2) is 16.1 Å². The molecule has 1 aliphatic heterocycles. The minimum Gasteiger partial charge on any atom is -0.143 e. The summed E-state index contributed by atoms with van der Waals surface area (Å²) in [4.78, 5) is 0. The summed E-state index contributed by atoms with van der Waals surface area (Å²) in [7, 11) is 0. The van der Waals surface area contributed by atoms with Gasteiger partial charge in [-0.1, -0.05) is 58.1 Å². The van der Waals surface area contributed by atoms with Crippen LogP contribution < -0.4 is 0 Å². The Kier molecular flexibility index (Phi) is 12.3. The predicted octanol–water partition coefficient (Wildman–Crippen LogP) is 5.68. The van der Waals surface area contributed by atoms with Crippen LogP contribution >= 0.6 is 23.5 Å². The lowest BCUT2D eigenvalue weighted by atomic mass is 10.2. The van der Waals surface area contributed by atoms with E-state index in [9.17, 15) is 0 Å². The van der Waals surface area contributed by atoms with Crippen molar-refractivity contribution in [2.24, 2.45) is 0 Å². The molecular formula is C15H26S2. The van der Waals surface area contributed by atoms with Gasteiger partial charge in [0.05, 0.1) is 4.58 Å². The summed E-state index contributed by atoms with van der Waals surface area (Å²) in [6.07, 6.45) is 13.7. The van der Waals surface area contributed by atoms with Crippen molar-refractivity contribution < 1.29 is 0 Å². The van der Waals surface area contributed by atoms with Crippen molar-refractivity contribution in [3.05, 3.63) is 36.0 Å². The van der Waals surface area contributed by atoms with Gasteiger partial charge in [0.2, 0.25) is 0 Å². The summed E-state index contributed by atoms with van der Waals surface area (Å²) in [5.41, 5.74) is 1.49. The highest BCUT2D eigenvalue weighted by molar-refractivity contribution is 8.17. The van der Waals surface area contributed by atoms with Gasteiger partial charge in [-0.2, -0.15) is 0 Å². The van der Waals surface area contributed by atoms with Crippen molar-refractivity contribution in [1.82, 2.24) is 0 Å². The highest BCUT2D eigenvalue weighted by Gasteiger charge is 2.16. The third kappa shape index (κ3) is 7.05. The molecule has 0 aromatic rings. The van der Waals surface area contributed by atoms with Gasteiger partial charge in [-0.3, -0.25) is 0 Å². The Morgan fingerprint density at radius 1 is 1.00 bits per heavy atom. The van der Waals surface area contributed by atoms with Crippen molar-refractivity contribution in [1.29, 1.82) is 0 Å². The Hall–Kier alpha value is -0.0800. The largest absolute Gasteiger partial charge is 0.143 e. The molecule has 98 valence electrons. The normalized spacial score (nSPS) is 19.2. The first-order valence-electron chi connectivity index (χ1n) is 6.73. The molecule has 0 bridgehead atoms. The van der Waals surface area contributed by atoms with Crippen LogP contribution in [-0.2, 0) is 0 Å². The topological polar surface area (TPSA) is 0 Å². The standard InChI is InChI=1S/C11H14S2.2C2H6/c1-2-4-7-10(6-3-1)11-12-8-5-9-13-11;2*1-2/h1,3-4,6-7,11H,2,5,8-9H2;2*1-2H3. The first-order chi connectivity index (χ1) is 8.47. The summed E-state index contributed by atoms with van der Waals surface area (Å²) < 4.78 is 0.688. The molecular weight excluding hydrogens is 244 g/mol. The summed E-state index contributed by atoms with van der Waals surface area (Å²) in [6.45, 7) is 8.00. The van der Waals surface area contributed by atoms with Crippen LogP contribution in [0.4, 0.5) is 0 Å². The predicted molar refractivity (Wildman–Crippen MR) is 87.0 cm³/mol. The van der Waals surface area contributed by atoms with E-state index in [1.165, 1.54) is 23.5 Å². The average molecular weight is 271 g/mol. The summed E-state index contributed by atoms with van der Waals surface area (Å²) in [6, 6.07) is 0. The van der Waals surface area contributed by atoms with Gasteiger partial charge in [0, 0.05) is 0 Å². The number of hydrogen-bond donors (Lipinski definition) is 0. The second-order valence-corrected chi connectivity index (χ2v) is 5.88. The molecule has 2 aliphatic rings. The summed E-state index contributed by atoms with van der Waals surface area (Å²) in [5, 5.41) is 0. The zero-order valence-corrected chi connectivity index (χ0v) is 13.2. The number of hydrogen-bond acceptors (Lipinski definition) is 2. The minimum atomic E-state index is 0.688. The smallest absolute Gasteiger partial charge is 0.0751 e. The van der Waals surface area contributed by atoms with Crippen LogP contribution in [0.15, 0.2) is 36.0 Å². The zero-order valence-electron chi connectivity index (χ0n) is 11.6. The fraction of sp³-hybridized carbons (Fsp3) is 0.600. The van der Waals surface area contributed by atoms with Gasteiger partial charge in [-0.05, 0) is 29.9 Å². The maximum Gasteiger partial charge on any atom is 0.0751 e. The molecule has 17 heavy (non-hydrogen) atoms. The van der Waals surface area contributed by atoms with Crippen molar-refractivity contribution >= 4 is 23.5 Å². The van der Waals surface area contributed by atoms with Crippen molar-refractivity contribution in [3.8, 4) is 0 Å². The number of rotatable bonds is 1. The van der Waals surface area contributed by atoms with Crippen molar-refractivity contribution in [2.75, 3.05) is 11.5 Å². The lowest BCUT2D eigenvalue weighted by molar-refractivity contribution is 1.10. The molecule has 1 fully saturated rings. The fourth-order valence-electron chi connectivity index (χ4n) is 1.43. The molecule has 0 nitrogen and oxygen atoms in total. The van der Waals surface area contributed by atoms with E-state index in [1.807, 2.05) is 27.7 Å². The van der Waals surface area contributed by atoms with E-state index in [-0.39, 0.29) is 0 Å².